The van der Waals surface area contributed by atoms with Gasteiger partial charge in [-0.15, -0.1) is 0 Å². The minimum atomic E-state index is 0.0565. The Morgan fingerprint density at radius 2 is 1.81 bits per heavy atom. The molecule has 0 bridgehead atoms. The van der Waals surface area contributed by atoms with Crippen LogP contribution in [-0.2, 0) is 11.2 Å². The Bertz CT molecular complexity index is 803. The van der Waals surface area contributed by atoms with Crippen LogP contribution in [0.3, 0.4) is 0 Å². The molecular formula is C24H35ClN4O2. The predicted molar refractivity (Wildman–Crippen MR) is 126 cm³/mol. The van der Waals surface area contributed by atoms with E-state index in [1.807, 2.05) is 11.0 Å². The molecule has 1 unspecified atom stereocenters. The number of amides is 1. The molecule has 1 atom stereocenters. The van der Waals surface area contributed by atoms with Crippen LogP contribution in [0.15, 0.2) is 24.8 Å². The van der Waals surface area contributed by atoms with Gasteiger partial charge in [0.1, 0.15) is 5.75 Å². The van der Waals surface area contributed by atoms with Crippen molar-refractivity contribution in [3.63, 3.8) is 0 Å². The number of rotatable bonds is 6. The lowest BCUT2D eigenvalue weighted by molar-refractivity contribution is -0.133. The first-order valence-corrected chi connectivity index (χ1v) is 11.9. The van der Waals surface area contributed by atoms with E-state index in [0.29, 0.717) is 12.1 Å². The molecule has 170 valence electrons. The van der Waals surface area contributed by atoms with Crippen molar-refractivity contribution in [2.45, 2.75) is 38.3 Å². The summed E-state index contributed by atoms with van der Waals surface area (Å²) in [6, 6.07) is 5.27. The summed E-state index contributed by atoms with van der Waals surface area (Å²) in [6.45, 7) is 13.9. The number of ether oxygens (including phenoxy) is 1. The van der Waals surface area contributed by atoms with E-state index in [9.17, 15) is 4.79 Å². The number of carbonyl (C=O) groups is 1. The lowest BCUT2D eigenvalue weighted by Gasteiger charge is -2.50. The third kappa shape index (κ3) is 4.71. The number of likely N-dealkylation sites (tertiary alicyclic amines) is 1. The number of piperidine rings is 1. The second kappa shape index (κ2) is 9.80. The van der Waals surface area contributed by atoms with Crippen LogP contribution in [0.5, 0.6) is 5.75 Å². The van der Waals surface area contributed by atoms with Crippen LogP contribution in [0.1, 0.15) is 25.3 Å². The molecule has 3 aliphatic heterocycles. The number of benzene rings is 1. The molecule has 0 radical (unpaired) electrons. The van der Waals surface area contributed by atoms with Crippen LogP contribution < -0.4 is 9.64 Å². The van der Waals surface area contributed by atoms with E-state index < -0.39 is 0 Å². The van der Waals surface area contributed by atoms with E-state index in [-0.39, 0.29) is 5.91 Å². The molecule has 1 aromatic rings. The Hall–Kier alpha value is -1.76. The van der Waals surface area contributed by atoms with Crippen molar-refractivity contribution in [3.05, 3.63) is 35.4 Å². The Labute approximate surface area is 191 Å². The Balaban J connectivity index is 1.34. The van der Waals surface area contributed by atoms with Crippen LogP contribution >= 0.6 is 11.6 Å². The third-order valence-electron chi connectivity index (χ3n) is 7.20. The van der Waals surface area contributed by atoms with Gasteiger partial charge in [-0.3, -0.25) is 14.6 Å². The van der Waals surface area contributed by atoms with Crippen molar-refractivity contribution in [1.82, 2.24) is 14.7 Å². The molecule has 4 rings (SSSR count). The Morgan fingerprint density at radius 1 is 1.13 bits per heavy atom. The van der Waals surface area contributed by atoms with Gasteiger partial charge in [0.15, 0.2) is 0 Å². The van der Waals surface area contributed by atoms with E-state index in [2.05, 4.69) is 34.3 Å². The first kappa shape index (κ1) is 22.4. The summed E-state index contributed by atoms with van der Waals surface area (Å²) in [5.74, 6) is 0.928. The maximum absolute atomic E-state index is 11.7. The first-order valence-electron chi connectivity index (χ1n) is 11.5. The van der Waals surface area contributed by atoms with Crippen molar-refractivity contribution < 1.29 is 9.53 Å². The molecule has 31 heavy (non-hydrogen) atoms. The highest BCUT2D eigenvalue weighted by Gasteiger charge is 2.36. The average Bonchev–Trinajstić information content (AvgIpc) is 2.78. The van der Waals surface area contributed by atoms with E-state index in [0.717, 1.165) is 69.6 Å². The molecule has 0 spiro atoms. The lowest BCUT2D eigenvalue weighted by Crippen LogP contribution is -2.65. The summed E-state index contributed by atoms with van der Waals surface area (Å²) < 4.78 is 5.67. The van der Waals surface area contributed by atoms with Gasteiger partial charge in [-0.2, -0.15) is 0 Å². The second-order valence-corrected chi connectivity index (χ2v) is 9.29. The highest BCUT2D eigenvalue weighted by molar-refractivity contribution is 6.31. The molecule has 0 saturated carbocycles. The number of aryl methyl sites for hydroxylation is 1. The molecule has 3 saturated heterocycles. The summed E-state index contributed by atoms with van der Waals surface area (Å²) in [5, 5.41) is 0.789. The number of nitrogens with zero attached hydrogens (tertiary/aromatic N) is 4. The minimum absolute atomic E-state index is 0.0565. The zero-order chi connectivity index (χ0) is 22.0. The third-order valence-corrected chi connectivity index (χ3v) is 7.55. The highest BCUT2D eigenvalue weighted by atomic mass is 35.5. The van der Waals surface area contributed by atoms with Crippen LogP contribution in [0, 0.1) is 0 Å². The average molecular weight is 447 g/mol. The SMILES string of the molecule is C=CC(=O)N1CC(N2CCN(C3CCCN(c4cc(CC)c(Cl)cc4OC)C3)CC2)C1. The number of halogens is 1. The monoisotopic (exact) mass is 446 g/mol. The number of carbonyl (C=O) groups excluding carboxylic acids is 1. The van der Waals surface area contributed by atoms with Crippen LogP contribution in [0.2, 0.25) is 5.02 Å². The van der Waals surface area contributed by atoms with E-state index in [1.165, 1.54) is 30.2 Å². The molecule has 1 aromatic carbocycles. The van der Waals surface area contributed by atoms with E-state index >= 15 is 0 Å². The van der Waals surface area contributed by atoms with Gasteiger partial charge in [-0.1, -0.05) is 25.1 Å². The van der Waals surface area contributed by atoms with E-state index in [1.54, 1.807) is 7.11 Å². The molecule has 3 heterocycles. The largest absolute Gasteiger partial charge is 0.495 e. The van der Waals surface area contributed by atoms with Gasteiger partial charge in [0.05, 0.1) is 12.8 Å². The Kier molecular flexibility index (Phi) is 7.09. The smallest absolute Gasteiger partial charge is 0.246 e. The lowest BCUT2D eigenvalue weighted by atomic mass is 10.0. The normalized spacial score (nSPS) is 23.5. The van der Waals surface area contributed by atoms with Crippen molar-refractivity contribution in [2.24, 2.45) is 0 Å². The van der Waals surface area contributed by atoms with Crippen molar-refractivity contribution in [1.29, 1.82) is 0 Å². The summed E-state index contributed by atoms with van der Waals surface area (Å²) in [7, 11) is 1.73. The molecule has 0 aromatic heterocycles. The minimum Gasteiger partial charge on any atom is -0.495 e. The molecule has 6 nitrogen and oxygen atoms in total. The standard InChI is InChI=1S/C24H35ClN4O2/c1-4-18-13-22(23(31-3)14-21(18)25)28-8-6-7-19(15-28)26-9-11-27(12-10-26)20-16-29(17-20)24(30)5-2/h5,13-14,19-20H,2,4,6-12,15-17H2,1,3H3. The second-order valence-electron chi connectivity index (χ2n) is 8.88. The van der Waals surface area contributed by atoms with Crippen molar-refractivity contribution in [2.75, 3.05) is 64.4 Å². The fourth-order valence-corrected chi connectivity index (χ4v) is 5.49. The number of methoxy groups -OCH3 is 1. The maximum atomic E-state index is 11.7. The number of hydrogen-bond acceptors (Lipinski definition) is 5. The fraction of sp³-hybridized carbons (Fsp3) is 0.625. The molecule has 0 aliphatic carbocycles. The summed E-state index contributed by atoms with van der Waals surface area (Å²) in [6.07, 6.45) is 4.78. The van der Waals surface area contributed by atoms with Crippen LogP contribution in [0.25, 0.3) is 0 Å². The van der Waals surface area contributed by atoms with Gasteiger partial charge in [-0.05, 0) is 37.0 Å². The summed E-state index contributed by atoms with van der Waals surface area (Å²) in [5.41, 5.74) is 2.35. The molecular weight excluding hydrogens is 412 g/mol. The summed E-state index contributed by atoms with van der Waals surface area (Å²) >= 11 is 6.42. The van der Waals surface area contributed by atoms with Crippen molar-refractivity contribution >= 4 is 23.2 Å². The van der Waals surface area contributed by atoms with Gasteiger partial charge >= 0.3 is 0 Å². The van der Waals surface area contributed by atoms with Crippen molar-refractivity contribution in [3.8, 4) is 5.75 Å². The van der Waals surface area contributed by atoms with Gasteiger partial charge in [0.2, 0.25) is 5.91 Å². The fourth-order valence-electron chi connectivity index (χ4n) is 5.20. The van der Waals surface area contributed by atoms with E-state index in [4.69, 9.17) is 16.3 Å². The molecule has 3 fully saturated rings. The predicted octanol–water partition coefficient (Wildman–Crippen LogP) is 2.89. The molecule has 7 heteroatoms. The maximum Gasteiger partial charge on any atom is 0.246 e. The number of anilines is 1. The van der Waals surface area contributed by atoms with Gasteiger partial charge < -0.3 is 14.5 Å². The summed E-state index contributed by atoms with van der Waals surface area (Å²) in [4.78, 5) is 21.3. The van der Waals surface area contributed by atoms with Gasteiger partial charge in [-0.25, -0.2) is 0 Å². The van der Waals surface area contributed by atoms with Gasteiger partial charge in [0, 0.05) is 75.5 Å². The van der Waals surface area contributed by atoms with Crippen LogP contribution in [0.4, 0.5) is 5.69 Å². The Morgan fingerprint density at radius 3 is 2.42 bits per heavy atom. The highest BCUT2D eigenvalue weighted by Crippen LogP contribution is 2.36. The molecule has 1 amide bonds. The zero-order valence-corrected chi connectivity index (χ0v) is 19.6. The quantitative estimate of drug-likeness (QED) is 0.628. The molecule has 3 aliphatic rings. The van der Waals surface area contributed by atoms with Gasteiger partial charge in [0.25, 0.3) is 0 Å². The molecule has 0 N–H and O–H groups in total. The number of piperazine rings is 1. The van der Waals surface area contributed by atoms with Crippen LogP contribution in [-0.4, -0.2) is 92.2 Å². The first-order chi connectivity index (χ1) is 15.0. The topological polar surface area (TPSA) is 39.3 Å². The zero-order valence-electron chi connectivity index (χ0n) is 18.9. The number of hydrogen-bond donors (Lipinski definition) is 0.